The molecule has 1 atom stereocenters. The number of carbonyl (C=O) groups is 4. The molecule has 8 nitrogen and oxygen atoms in total. The molecule has 4 rings (SSSR count). The molecule has 1 heterocycles. The zero-order valence-electron chi connectivity index (χ0n) is 21.6. The lowest BCUT2D eigenvalue weighted by molar-refractivity contribution is -0.120. The van der Waals surface area contributed by atoms with Gasteiger partial charge in [-0.25, -0.2) is 9.69 Å². The monoisotopic (exact) mass is 545 g/mol. The Kier molecular flexibility index (Phi) is 8.78. The van der Waals surface area contributed by atoms with E-state index in [1.54, 1.807) is 24.3 Å². The molecule has 0 fully saturated rings. The summed E-state index contributed by atoms with van der Waals surface area (Å²) < 4.78 is 5.19. The average Bonchev–Trinajstić information content (AvgIpc) is 3.16. The number of halogens is 1. The van der Waals surface area contributed by atoms with Gasteiger partial charge < -0.3 is 15.4 Å². The molecule has 0 saturated carbocycles. The lowest BCUT2D eigenvalue weighted by atomic mass is 10.1. The third-order valence-corrected chi connectivity index (χ3v) is 6.51. The van der Waals surface area contributed by atoms with Gasteiger partial charge in [0.15, 0.2) is 0 Å². The number of esters is 1. The van der Waals surface area contributed by atoms with Crippen LogP contribution in [-0.2, 0) is 14.3 Å². The van der Waals surface area contributed by atoms with Crippen LogP contribution in [0.2, 0.25) is 0 Å². The first-order chi connectivity index (χ1) is 18.8. The molecule has 0 aromatic heterocycles. The van der Waals surface area contributed by atoms with Gasteiger partial charge >= 0.3 is 5.97 Å². The molecule has 3 aromatic carbocycles. The second-order valence-corrected chi connectivity index (χ2v) is 9.36. The fraction of sp³-hybridized carbons (Fsp3) is 0.200. The molecular weight excluding hydrogens is 518 g/mol. The van der Waals surface area contributed by atoms with Gasteiger partial charge in [0.1, 0.15) is 10.7 Å². The Labute approximate surface area is 231 Å². The van der Waals surface area contributed by atoms with Crippen LogP contribution in [0, 0.1) is 0 Å². The van der Waals surface area contributed by atoms with Crippen LogP contribution >= 0.6 is 11.6 Å². The van der Waals surface area contributed by atoms with E-state index in [0.29, 0.717) is 23.4 Å². The van der Waals surface area contributed by atoms with Crippen molar-refractivity contribution in [3.8, 4) is 0 Å². The van der Waals surface area contributed by atoms with Gasteiger partial charge in [-0.05, 0) is 61.4 Å². The lowest BCUT2D eigenvalue weighted by Crippen LogP contribution is -2.32. The first-order valence-corrected chi connectivity index (χ1v) is 13.0. The smallest absolute Gasteiger partial charge is 0.338 e. The second-order valence-electron chi connectivity index (χ2n) is 8.98. The van der Waals surface area contributed by atoms with Crippen LogP contribution in [0.25, 0.3) is 0 Å². The van der Waals surface area contributed by atoms with Crippen molar-refractivity contribution in [2.24, 2.45) is 0 Å². The summed E-state index contributed by atoms with van der Waals surface area (Å²) in [6.45, 7) is 4.21. The van der Waals surface area contributed by atoms with E-state index in [2.05, 4.69) is 10.6 Å². The van der Waals surface area contributed by atoms with Crippen LogP contribution in [0.15, 0.2) is 89.6 Å². The molecule has 39 heavy (non-hydrogen) atoms. The maximum Gasteiger partial charge on any atom is 0.338 e. The first kappa shape index (κ1) is 27.6. The Morgan fingerprint density at radius 1 is 0.923 bits per heavy atom. The van der Waals surface area contributed by atoms with Gasteiger partial charge in [-0.2, -0.15) is 0 Å². The van der Waals surface area contributed by atoms with E-state index >= 15 is 0 Å². The zero-order chi connectivity index (χ0) is 27.9. The number of hydrogen-bond acceptors (Lipinski definition) is 6. The number of anilines is 2. The van der Waals surface area contributed by atoms with Crippen LogP contribution in [0.5, 0.6) is 0 Å². The van der Waals surface area contributed by atoms with Gasteiger partial charge in [0, 0.05) is 11.3 Å². The van der Waals surface area contributed by atoms with Crippen LogP contribution in [0.3, 0.4) is 0 Å². The minimum absolute atomic E-state index is 0.111. The van der Waals surface area contributed by atoms with E-state index in [0.717, 1.165) is 23.3 Å². The Morgan fingerprint density at radius 3 is 2.33 bits per heavy atom. The van der Waals surface area contributed by atoms with Crippen molar-refractivity contribution in [1.82, 2.24) is 5.32 Å². The summed E-state index contributed by atoms with van der Waals surface area (Å²) in [5.41, 5.74) is 2.20. The van der Waals surface area contributed by atoms with Gasteiger partial charge in [-0.3, -0.25) is 14.4 Å². The largest absolute Gasteiger partial charge is 0.462 e. The Morgan fingerprint density at radius 2 is 1.64 bits per heavy atom. The summed E-state index contributed by atoms with van der Waals surface area (Å²) in [6, 6.07) is 21.9. The molecule has 1 unspecified atom stereocenters. The van der Waals surface area contributed by atoms with Crippen molar-refractivity contribution in [2.45, 2.75) is 32.7 Å². The van der Waals surface area contributed by atoms with Gasteiger partial charge in [0.25, 0.3) is 17.7 Å². The fourth-order valence-electron chi connectivity index (χ4n) is 3.97. The van der Waals surface area contributed by atoms with Crippen LogP contribution < -0.4 is 15.5 Å². The maximum absolute atomic E-state index is 13.2. The highest BCUT2D eigenvalue weighted by molar-refractivity contribution is 6.53. The van der Waals surface area contributed by atoms with Crippen LogP contribution in [-0.4, -0.2) is 30.3 Å². The van der Waals surface area contributed by atoms with Gasteiger partial charge in [-0.15, -0.1) is 0 Å². The molecule has 1 aliphatic heterocycles. The summed E-state index contributed by atoms with van der Waals surface area (Å²) in [5, 5.41) is 5.55. The van der Waals surface area contributed by atoms with E-state index in [4.69, 9.17) is 16.3 Å². The second kappa shape index (κ2) is 12.4. The number of rotatable bonds is 10. The quantitative estimate of drug-likeness (QED) is 0.196. The van der Waals surface area contributed by atoms with Crippen molar-refractivity contribution < 1.29 is 23.9 Å². The van der Waals surface area contributed by atoms with Gasteiger partial charge in [0.05, 0.1) is 23.9 Å². The van der Waals surface area contributed by atoms with Crippen molar-refractivity contribution in [1.29, 1.82) is 0 Å². The third-order valence-electron chi connectivity index (χ3n) is 6.16. The van der Waals surface area contributed by atoms with Crippen molar-refractivity contribution in [2.75, 3.05) is 16.8 Å². The normalized spacial score (nSPS) is 13.9. The molecule has 0 radical (unpaired) electrons. The highest BCUT2D eigenvalue weighted by Crippen LogP contribution is 2.30. The van der Waals surface area contributed by atoms with Gasteiger partial charge in [0.2, 0.25) is 0 Å². The van der Waals surface area contributed by atoms with Crippen molar-refractivity contribution in [3.63, 3.8) is 0 Å². The molecule has 200 valence electrons. The van der Waals surface area contributed by atoms with E-state index in [9.17, 15) is 19.2 Å². The van der Waals surface area contributed by atoms with E-state index < -0.39 is 17.8 Å². The van der Waals surface area contributed by atoms with E-state index in [1.807, 2.05) is 44.2 Å². The van der Waals surface area contributed by atoms with Gasteiger partial charge in [-0.1, -0.05) is 61.3 Å². The summed E-state index contributed by atoms with van der Waals surface area (Å²) in [7, 11) is 0. The Bertz CT molecular complexity index is 1420. The number of ether oxygens (including phenoxy) is 1. The SMILES string of the molecule is CCCCOC(=O)c1ccc(N2C(=O)C(Cl)=C(Nc3cccc(C(=O)NC(C)c4ccccc4)c3)C2=O)cc1. The number of unbranched alkanes of at least 4 members (excludes halogenated alkanes) is 1. The molecule has 1 aliphatic rings. The molecule has 9 heteroatoms. The van der Waals surface area contributed by atoms with Crippen LogP contribution in [0.1, 0.15) is 59.0 Å². The molecule has 3 amide bonds. The lowest BCUT2D eigenvalue weighted by Gasteiger charge is -2.16. The highest BCUT2D eigenvalue weighted by atomic mass is 35.5. The summed E-state index contributed by atoms with van der Waals surface area (Å²) >= 11 is 6.26. The predicted octanol–water partition coefficient (Wildman–Crippen LogP) is 5.57. The maximum atomic E-state index is 13.2. The Balaban J connectivity index is 1.45. The fourth-order valence-corrected chi connectivity index (χ4v) is 4.19. The number of nitrogens with one attached hydrogen (secondary N) is 2. The number of carbonyl (C=O) groups excluding carboxylic acids is 4. The minimum atomic E-state index is -0.701. The molecule has 3 aromatic rings. The summed E-state index contributed by atoms with van der Waals surface area (Å²) in [4.78, 5) is 52.0. The Hall–Kier alpha value is -4.43. The van der Waals surface area contributed by atoms with Crippen molar-refractivity contribution in [3.05, 3.63) is 106 Å². The van der Waals surface area contributed by atoms with Crippen LogP contribution in [0.4, 0.5) is 11.4 Å². The number of benzene rings is 3. The minimum Gasteiger partial charge on any atom is -0.462 e. The number of amides is 3. The standard InChI is InChI=1S/C30H28ClN3O5/c1-3-4-17-39-30(38)21-13-15-24(16-14-21)34-28(36)25(31)26(29(34)37)33-23-12-8-11-22(18-23)27(35)32-19(2)20-9-6-5-7-10-20/h5-16,18-19,33H,3-4,17H2,1-2H3,(H,32,35). The summed E-state index contributed by atoms with van der Waals surface area (Å²) in [6.07, 6.45) is 1.67. The first-order valence-electron chi connectivity index (χ1n) is 12.6. The van der Waals surface area contributed by atoms with E-state index in [-0.39, 0.29) is 28.4 Å². The number of nitrogens with zero attached hydrogens (tertiary/aromatic N) is 1. The molecule has 0 saturated heterocycles. The molecule has 2 N–H and O–H groups in total. The summed E-state index contributed by atoms with van der Waals surface area (Å²) in [5.74, 6) is -2.13. The average molecular weight is 546 g/mol. The molecule has 0 spiro atoms. The third kappa shape index (κ3) is 6.35. The highest BCUT2D eigenvalue weighted by Gasteiger charge is 2.39. The molecular formula is C30H28ClN3O5. The zero-order valence-corrected chi connectivity index (χ0v) is 22.3. The topological polar surface area (TPSA) is 105 Å². The molecule has 0 bridgehead atoms. The molecule has 0 aliphatic carbocycles. The number of imide groups is 1. The van der Waals surface area contributed by atoms with E-state index in [1.165, 1.54) is 24.3 Å². The van der Waals surface area contributed by atoms with Crippen molar-refractivity contribution >= 4 is 46.7 Å². The number of hydrogen-bond donors (Lipinski definition) is 2. The predicted molar refractivity (Wildman–Crippen MR) is 149 cm³/mol.